The Morgan fingerprint density at radius 3 is 2.83 bits per heavy atom. The maximum atomic E-state index is 11.0. The van der Waals surface area contributed by atoms with Crippen LogP contribution in [0.15, 0.2) is 18.2 Å². The molecule has 0 aromatic heterocycles. The van der Waals surface area contributed by atoms with Crippen molar-refractivity contribution in [3.8, 4) is 0 Å². The summed E-state index contributed by atoms with van der Waals surface area (Å²) in [5.41, 5.74) is 5.60. The number of carbonyl (C=O) groups excluding carboxylic acids is 1. The molecule has 0 aliphatic heterocycles. The summed E-state index contributed by atoms with van der Waals surface area (Å²) in [5, 5.41) is 14.1. The summed E-state index contributed by atoms with van der Waals surface area (Å²) in [6.07, 6.45) is 2.09. The highest BCUT2D eigenvalue weighted by Crippen LogP contribution is 2.38. The minimum absolute atomic E-state index is 0.104. The zero-order valence-corrected chi connectivity index (χ0v) is 10.1. The summed E-state index contributed by atoms with van der Waals surface area (Å²) in [7, 11) is 0. The molecule has 2 unspecified atom stereocenters. The van der Waals surface area contributed by atoms with E-state index in [1.165, 1.54) is 12.1 Å². The molecule has 1 aromatic rings. The molecule has 0 bridgehead atoms. The first-order valence-electron chi connectivity index (χ1n) is 5.87. The second-order valence-electron chi connectivity index (χ2n) is 4.51. The van der Waals surface area contributed by atoms with Crippen molar-refractivity contribution in [2.75, 3.05) is 5.32 Å². The summed E-state index contributed by atoms with van der Waals surface area (Å²) in [6.45, 7) is 2.09. The third-order valence-corrected chi connectivity index (χ3v) is 3.27. The minimum atomic E-state index is -0.664. The first kappa shape index (κ1) is 12.3. The van der Waals surface area contributed by atoms with Crippen LogP contribution < -0.4 is 11.1 Å². The molecule has 0 saturated heterocycles. The molecule has 3 N–H and O–H groups in total. The van der Waals surface area contributed by atoms with Crippen LogP contribution in [0, 0.1) is 16.0 Å². The lowest BCUT2D eigenvalue weighted by Crippen LogP contribution is -2.12. The first-order chi connectivity index (χ1) is 8.52. The number of nitrogens with zero attached hydrogens (tertiary/aromatic N) is 1. The molecule has 1 fully saturated rings. The summed E-state index contributed by atoms with van der Waals surface area (Å²) >= 11 is 0. The van der Waals surface area contributed by atoms with Crippen LogP contribution >= 0.6 is 0 Å². The van der Waals surface area contributed by atoms with Crippen molar-refractivity contribution in [2.24, 2.45) is 11.7 Å². The molecule has 6 heteroatoms. The molecule has 2 rings (SSSR count). The standard InChI is InChI=1S/C12H15N3O3/c1-2-7-5-10(7)14-9-4-3-8(12(13)16)6-11(9)15(17)18/h3-4,6-7,10,14H,2,5H2,1H3,(H2,13,16). The number of anilines is 1. The number of nitro groups is 1. The number of nitrogens with two attached hydrogens (primary N) is 1. The van der Waals surface area contributed by atoms with Crippen LogP contribution in [0.2, 0.25) is 0 Å². The Balaban J connectivity index is 2.24. The molecular formula is C12H15N3O3. The van der Waals surface area contributed by atoms with Gasteiger partial charge in [-0.15, -0.1) is 0 Å². The fraction of sp³-hybridized carbons (Fsp3) is 0.417. The number of nitrogens with one attached hydrogen (secondary N) is 1. The van der Waals surface area contributed by atoms with Crippen molar-refractivity contribution < 1.29 is 9.72 Å². The Morgan fingerprint density at radius 2 is 2.33 bits per heavy atom. The van der Waals surface area contributed by atoms with Crippen LogP contribution in [0.5, 0.6) is 0 Å². The van der Waals surface area contributed by atoms with Crippen LogP contribution in [0.4, 0.5) is 11.4 Å². The lowest BCUT2D eigenvalue weighted by Gasteiger charge is -2.07. The minimum Gasteiger partial charge on any atom is -0.376 e. The van der Waals surface area contributed by atoms with Gasteiger partial charge in [0.25, 0.3) is 5.69 Å². The number of hydrogen-bond acceptors (Lipinski definition) is 4. The smallest absolute Gasteiger partial charge is 0.293 e. The number of carbonyl (C=O) groups is 1. The van der Waals surface area contributed by atoms with Gasteiger partial charge in [-0.05, 0) is 24.5 Å². The predicted octanol–water partition coefficient (Wildman–Crippen LogP) is 1.90. The lowest BCUT2D eigenvalue weighted by molar-refractivity contribution is -0.384. The molecule has 0 radical (unpaired) electrons. The predicted molar refractivity (Wildman–Crippen MR) is 67.4 cm³/mol. The van der Waals surface area contributed by atoms with Crippen LogP contribution in [-0.2, 0) is 0 Å². The van der Waals surface area contributed by atoms with Crippen molar-refractivity contribution in [3.63, 3.8) is 0 Å². The van der Waals surface area contributed by atoms with E-state index in [-0.39, 0.29) is 11.3 Å². The normalized spacial score (nSPS) is 21.4. The largest absolute Gasteiger partial charge is 0.376 e. The van der Waals surface area contributed by atoms with Crippen molar-refractivity contribution in [2.45, 2.75) is 25.8 Å². The molecular weight excluding hydrogens is 234 g/mol. The Hall–Kier alpha value is -2.11. The highest BCUT2D eigenvalue weighted by atomic mass is 16.6. The van der Waals surface area contributed by atoms with E-state index < -0.39 is 10.8 Å². The second-order valence-corrected chi connectivity index (χ2v) is 4.51. The topological polar surface area (TPSA) is 98.3 Å². The number of amides is 1. The molecule has 1 aliphatic rings. The van der Waals surface area contributed by atoms with E-state index in [1.807, 2.05) is 0 Å². The van der Waals surface area contributed by atoms with Gasteiger partial charge in [-0.1, -0.05) is 13.3 Å². The first-order valence-corrected chi connectivity index (χ1v) is 5.87. The van der Waals surface area contributed by atoms with Gasteiger partial charge in [-0.25, -0.2) is 0 Å². The van der Waals surface area contributed by atoms with E-state index in [9.17, 15) is 14.9 Å². The van der Waals surface area contributed by atoms with Gasteiger partial charge in [0.2, 0.25) is 5.91 Å². The van der Waals surface area contributed by atoms with E-state index in [2.05, 4.69) is 12.2 Å². The Bertz CT molecular complexity index is 501. The van der Waals surface area contributed by atoms with Crippen molar-refractivity contribution >= 4 is 17.3 Å². The average molecular weight is 249 g/mol. The molecule has 1 saturated carbocycles. The lowest BCUT2D eigenvalue weighted by atomic mass is 10.1. The molecule has 1 aromatic carbocycles. The van der Waals surface area contributed by atoms with Crippen LogP contribution in [-0.4, -0.2) is 16.9 Å². The molecule has 2 atom stereocenters. The molecule has 1 amide bonds. The van der Waals surface area contributed by atoms with E-state index in [0.29, 0.717) is 17.6 Å². The van der Waals surface area contributed by atoms with E-state index >= 15 is 0 Å². The van der Waals surface area contributed by atoms with Crippen molar-refractivity contribution in [1.82, 2.24) is 0 Å². The van der Waals surface area contributed by atoms with Gasteiger partial charge in [0.05, 0.1) is 4.92 Å². The van der Waals surface area contributed by atoms with E-state index in [1.54, 1.807) is 6.07 Å². The van der Waals surface area contributed by atoms with Gasteiger partial charge in [-0.3, -0.25) is 14.9 Å². The van der Waals surface area contributed by atoms with Gasteiger partial charge in [0.15, 0.2) is 0 Å². The third kappa shape index (κ3) is 2.42. The quantitative estimate of drug-likeness (QED) is 0.615. The number of primary amides is 1. The summed E-state index contributed by atoms with van der Waals surface area (Å²) in [4.78, 5) is 21.5. The second kappa shape index (κ2) is 4.64. The maximum absolute atomic E-state index is 11.0. The van der Waals surface area contributed by atoms with E-state index in [0.717, 1.165) is 12.8 Å². The molecule has 18 heavy (non-hydrogen) atoms. The molecule has 96 valence electrons. The summed E-state index contributed by atoms with van der Waals surface area (Å²) < 4.78 is 0. The fourth-order valence-corrected chi connectivity index (χ4v) is 2.03. The van der Waals surface area contributed by atoms with Crippen molar-refractivity contribution in [3.05, 3.63) is 33.9 Å². The van der Waals surface area contributed by atoms with E-state index in [4.69, 9.17) is 5.73 Å². The van der Waals surface area contributed by atoms with Crippen LogP contribution in [0.25, 0.3) is 0 Å². The molecule has 1 aliphatic carbocycles. The zero-order chi connectivity index (χ0) is 13.3. The van der Waals surface area contributed by atoms with Crippen LogP contribution in [0.3, 0.4) is 0 Å². The third-order valence-electron chi connectivity index (χ3n) is 3.27. The Morgan fingerprint density at radius 1 is 1.61 bits per heavy atom. The zero-order valence-electron chi connectivity index (χ0n) is 10.1. The highest BCUT2D eigenvalue weighted by Gasteiger charge is 2.36. The maximum Gasteiger partial charge on any atom is 0.293 e. The molecule has 6 nitrogen and oxygen atoms in total. The van der Waals surface area contributed by atoms with Gasteiger partial charge >= 0.3 is 0 Å². The molecule has 0 heterocycles. The van der Waals surface area contributed by atoms with Crippen molar-refractivity contribution in [1.29, 1.82) is 0 Å². The van der Waals surface area contributed by atoms with Gasteiger partial charge in [0, 0.05) is 17.7 Å². The highest BCUT2D eigenvalue weighted by molar-refractivity contribution is 5.94. The summed E-state index contributed by atoms with van der Waals surface area (Å²) in [6, 6.07) is 4.56. The number of nitro benzene ring substituents is 1. The molecule has 0 spiro atoms. The Labute approximate surface area is 104 Å². The van der Waals surface area contributed by atoms with Gasteiger partial charge in [0.1, 0.15) is 5.69 Å². The fourth-order valence-electron chi connectivity index (χ4n) is 2.03. The van der Waals surface area contributed by atoms with Crippen LogP contribution in [0.1, 0.15) is 30.1 Å². The number of benzene rings is 1. The van der Waals surface area contributed by atoms with Gasteiger partial charge < -0.3 is 11.1 Å². The van der Waals surface area contributed by atoms with Gasteiger partial charge in [-0.2, -0.15) is 0 Å². The monoisotopic (exact) mass is 249 g/mol. The summed E-state index contributed by atoms with van der Waals surface area (Å²) in [5.74, 6) is -0.0806. The SMILES string of the molecule is CCC1CC1Nc1ccc(C(N)=O)cc1[N+](=O)[O-]. The average Bonchev–Trinajstić information content (AvgIpc) is 3.07. The number of hydrogen-bond donors (Lipinski definition) is 2. The Kier molecular flexibility index (Phi) is 3.18. The number of rotatable bonds is 5.